The molecule has 0 radical (unpaired) electrons. The first kappa shape index (κ1) is 29.9. The summed E-state index contributed by atoms with van der Waals surface area (Å²) in [6, 6.07) is 7.87. The molecule has 1 atom stereocenters. The van der Waals surface area contributed by atoms with E-state index >= 15 is 0 Å². The number of fused-ring (bicyclic) bond motifs is 1. The third-order valence-electron chi connectivity index (χ3n) is 7.00. The van der Waals surface area contributed by atoms with Crippen molar-refractivity contribution < 1.29 is 18.8 Å². The summed E-state index contributed by atoms with van der Waals surface area (Å²) >= 11 is 0. The zero-order chi connectivity index (χ0) is 30.9. The molecule has 4 aromatic rings. The zero-order valence-electron chi connectivity index (χ0n) is 25.7. The molecule has 226 valence electrons. The van der Waals surface area contributed by atoms with Crippen LogP contribution in [0.2, 0.25) is 0 Å². The van der Waals surface area contributed by atoms with Crippen LogP contribution in [0.25, 0.3) is 11.3 Å². The molecule has 1 N–H and O–H groups in total. The Balaban J connectivity index is 1.45. The molecule has 12 heteroatoms. The first-order valence-corrected chi connectivity index (χ1v) is 14.3. The highest BCUT2D eigenvalue weighted by molar-refractivity contribution is 5.93. The lowest BCUT2D eigenvalue weighted by atomic mass is 9.87. The van der Waals surface area contributed by atoms with Gasteiger partial charge in [-0.05, 0) is 56.4 Å². The lowest BCUT2D eigenvalue weighted by Gasteiger charge is -2.26. The third kappa shape index (κ3) is 7.25. The van der Waals surface area contributed by atoms with Gasteiger partial charge in [-0.2, -0.15) is 10.1 Å². The average Bonchev–Trinajstić information content (AvgIpc) is 3.55. The van der Waals surface area contributed by atoms with Gasteiger partial charge < -0.3 is 19.5 Å². The van der Waals surface area contributed by atoms with E-state index in [1.54, 1.807) is 22.0 Å². The number of rotatable bonds is 6. The number of nitrogens with zero attached hydrogens (tertiary/aromatic N) is 7. The van der Waals surface area contributed by atoms with E-state index in [2.05, 4.69) is 25.5 Å². The minimum absolute atomic E-state index is 0.0750. The Hall–Kier alpha value is -4.61. The molecule has 1 unspecified atom stereocenters. The molecule has 0 fully saturated rings. The van der Waals surface area contributed by atoms with E-state index in [1.807, 2.05) is 79.1 Å². The molecule has 1 aliphatic rings. The fourth-order valence-corrected chi connectivity index (χ4v) is 4.90. The summed E-state index contributed by atoms with van der Waals surface area (Å²) in [6.45, 7) is 12.2. The SMILES string of the molecule is Cn1cc(Nc2nccc(-c3ccc4c(c3)CN(C(=O)OC(C)(C)C)CCC4CC(=O)c3noc(C(C)(C)C)n3)n2)cn1. The number of hydrogen-bond donors (Lipinski definition) is 1. The topological polar surface area (TPSA) is 141 Å². The molecule has 12 nitrogen and oxygen atoms in total. The van der Waals surface area contributed by atoms with Crippen molar-refractivity contribution in [1.29, 1.82) is 0 Å². The maximum Gasteiger partial charge on any atom is 0.410 e. The summed E-state index contributed by atoms with van der Waals surface area (Å²) in [5.74, 6) is 0.570. The number of ether oxygens (including phenoxy) is 1. The van der Waals surface area contributed by atoms with Crippen molar-refractivity contribution in [2.75, 3.05) is 11.9 Å². The maximum atomic E-state index is 13.3. The second kappa shape index (κ2) is 11.6. The van der Waals surface area contributed by atoms with E-state index in [0.29, 0.717) is 37.0 Å². The molecule has 0 aliphatic carbocycles. The predicted molar refractivity (Wildman–Crippen MR) is 160 cm³/mol. The van der Waals surface area contributed by atoms with Crippen LogP contribution in [-0.4, -0.2) is 58.8 Å². The summed E-state index contributed by atoms with van der Waals surface area (Å²) in [7, 11) is 1.84. The van der Waals surface area contributed by atoms with Crippen LogP contribution in [-0.2, 0) is 23.7 Å². The molecule has 1 amide bonds. The molecule has 43 heavy (non-hydrogen) atoms. The normalized spacial score (nSPS) is 15.5. The van der Waals surface area contributed by atoms with Crippen molar-refractivity contribution in [1.82, 2.24) is 34.8 Å². The molecule has 0 saturated carbocycles. The number of aryl methyl sites for hydroxylation is 1. The van der Waals surface area contributed by atoms with E-state index in [4.69, 9.17) is 14.2 Å². The van der Waals surface area contributed by atoms with Gasteiger partial charge in [-0.25, -0.2) is 14.8 Å². The standard InChI is InChI=1S/C31H38N8O4/c1-30(2,3)27-36-26(37-43-27)25(40)15-19-11-13-39(29(41)42-31(4,5)6)17-21-14-20(8-9-23(19)21)24-10-12-32-28(35-24)34-22-16-33-38(7)18-22/h8-10,12,14,16,18-19H,11,13,15,17H2,1-7H3,(H,32,34,35). The first-order valence-electron chi connectivity index (χ1n) is 14.3. The van der Waals surface area contributed by atoms with Crippen molar-refractivity contribution in [3.8, 4) is 11.3 Å². The van der Waals surface area contributed by atoms with Crippen LogP contribution in [0.3, 0.4) is 0 Å². The third-order valence-corrected chi connectivity index (χ3v) is 7.00. The number of hydrogen-bond acceptors (Lipinski definition) is 10. The second-order valence-electron chi connectivity index (χ2n) is 12.9. The fraction of sp³-hybridized carbons (Fsp3) is 0.452. The highest BCUT2D eigenvalue weighted by atomic mass is 16.6. The summed E-state index contributed by atoms with van der Waals surface area (Å²) < 4.78 is 12.8. The van der Waals surface area contributed by atoms with Crippen LogP contribution in [0, 0.1) is 0 Å². The molecular formula is C31H38N8O4. The lowest BCUT2D eigenvalue weighted by Crippen LogP contribution is -2.36. The van der Waals surface area contributed by atoms with Crippen LogP contribution < -0.4 is 5.32 Å². The number of Topliss-reactive ketones (excluding diaryl/α,β-unsaturated/α-hetero) is 1. The van der Waals surface area contributed by atoms with E-state index in [0.717, 1.165) is 22.4 Å². The molecule has 0 saturated heterocycles. The second-order valence-corrected chi connectivity index (χ2v) is 12.9. The first-order chi connectivity index (χ1) is 20.2. The van der Waals surface area contributed by atoms with E-state index in [-0.39, 0.29) is 29.4 Å². The number of carbonyl (C=O) groups is 2. The van der Waals surface area contributed by atoms with Gasteiger partial charge in [-0.15, -0.1) is 0 Å². The number of nitrogens with one attached hydrogen (secondary N) is 1. The highest BCUT2D eigenvalue weighted by Crippen LogP contribution is 2.35. The largest absolute Gasteiger partial charge is 0.444 e. The van der Waals surface area contributed by atoms with Crippen LogP contribution in [0.1, 0.15) is 87.9 Å². The van der Waals surface area contributed by atoms with Crippen molar-refractivity contribution in [2.45, 2.75) is 77.9 Å². The summed E-state index contributed by atoms with van der Waals surface area (Å²) in [5.41, 5.74) is 3.27. The quantitative estimate of drug-likeness (QED) is 0.276. The maximum absolute atomic E-state index is 13.3. The number of benzene rings is 1. The van der Waals surface area contributed by atoms with Gasteiger partial charge in [-0.3, -0.25) is 9.48 Å². The number of anilines is 2. The predicted octanol–water partition coefficient (Wildman–Crippen LogP) is 5.80. The number of carbonyl (C=O) groups excluding carboxylic acids is 2. The van der Waals surface area contributed by atoms with Gasteiger partial charge in [0.1, 0.15) is 5.60 Å². The van der Waals surface area contributed by atoms with Gasteiger partial charge in [-0.1, -0.05) is 38.1 Å². The highest BCUT2D eigenvalue weighted by Gasteiger charge is 2.31. The fourth-order valence-electron chi connectivity index (χ4n) is 4.90. The molecular weight excluding hydrogens is 548 g/mol. The molecule has 1 aromatic carbocycles. The Bertz CT molecular complexity index is 1630. The molecule has 3 aromatic heterocycles. The molecule has 0 bridgehead atoms. The average molecular weight is 587 g/mol. The van der Waals surface area contributed by atoms with E-state index in [1.165, 1.54) is 0 Å². The Morgan fingerprint density at radius 2 is 1.91 bits per heavy atom. The summed E-state index contributed by atoms with van der Waals surface area (Å²) in [4.78, 5) is 41.6. The van der Waals surface area contributed by atoms with Crippen molar-refractivity contribution in [3.05, 3.63) is 65.7 Å². The number of ketones is 1. The van der Waals surface area contributed by atoms with E-state index in [9.17, 15) is 9.59 Å². The van der Waals surface area contributed by atoms with Crippen molar-refractivity contribution in [2.24, 2.45) is 7.05 Å². The van der Waals surface area contributed by atoms with Crippen molar-refractivity contribution in [3.63, 3.8) is 0 Å². The minimum Gasteiger partial charge on any atom is -0.444 e. The molecule has 0 spiro atoms. The lowest BCUT2D eigenvalue weighted by molar-refractivity contribution is 0.0235. The minimum atomic E-state index is -0.633. The van der Waals surface area contributed by atoms with Gasteiger partial charge in [0.25, 0.3) is 0 Å². The van der Waals surface area contributed by atoms with Gasteiger partial charge in [0, 0.05) is 49.9 Å². The monoisotopic (exact) mass is 586 g/mol. The number of aromatic nitrogens is 6. The van der Waals surface area contributed by atoms with Gasteiger partial charge in [0.2, 0.25) is 23.4 Å². The Morgan fingerprint density at radius 3 is 2.58 bits per heavy atom. The Labute approximate surface area is 250 Å². The summed E-state index contributed by atoms with van der Waals surface area (Å²) in [6.07, 6.45) is 5.59. The van der Waals surface area contributed by atoms with Crippen molar-refractivity contribution >= 4 is 23.5 Å². The van der Waals surface area contributed by atoms with E-state index < -0.39 is 11.7 Å². The molecule has 1 aliphatic heterocycles. The van der Waals surface area contributed by atoms with Crippen LogP contribution >= 0.6 is 0 Å². The van der Waals surface area contributed by atoms with Crippen LogP contribution in [0.5, 0.6) is 0 Å². The summed E-state index contributed by atoms with van der Waals surface area (Å²) in [5, 5.41) is 11.3. The smallest absolute Gasteiger partial charge is 0.410 e. The van der Waals surface area contributed by atoms with Gasteiger partial charge >= 0.3 is 6.09 Å². The molecule has 5 rings (SSSR count). The van der Waals surface area contributed by atoms with Gasteiger partial charge in [0.05, 0.1) is 17.6 Å². The molecule has 4 heterocycles. The number of amides is 1. The Morgan fingerprint density at radius 1 is 1.12 bits per heavy atom. The van der Waals surface area contributed by atoms with Gasteiger partial charge in [0.15, 0.2) is 0 Å². The van der Waals surface area contributed by atoms with Crippen LogP contribution in [0.4, 0.5) is 16.4 Å². The zero-order valence-corrected chi connectivity index (χ0v) is 25.7. The van der Waals surface area contributed by atoms with Crippen LogP contribution in [0.15, 0.2) is 47.4 Å². The Kier molecular flexibility index (Phi) is 8.04.